The second-order valence-corrected chi connectivity index (χ2v) is 17.4. The molecule has 0 amide bonds. The van der Waals surface area contributed by atoms with Crippen molar-refractivity contribution in [3.05, 3.63) is 85.1 Å². The number of allylic oxidation sites excluding steroid dienone is 14. The fourth-order valence-corrected chi connectivity index (χ4v) is 7.10. The molecule has 366 valence electrons. The van der Waals surface area contributed by atoms with Crippen LogP contribution in [0.3, 0.4) is 0 Å². The van der Waals surface area contributed by atoms with E-state index in [9.17, 15) is 14.4 Å². The van der Waals surface area contributed by atoms with Crippen molar-refractivity contribution >= 4 is 17.9 Å². The number of carbonyl (C=O) groups excluding carboxylic acids is 3. The van der Waals surface area contributed by atoms with Crippen LogP contribution in [-0.4, -0.2) is 37.2 Å². The molecule has 64 heavy (non-hydrogen) atoms. The molecule has 0 bridgehead atoms. The quantitative estimate of drug-likeness (QED) is 0.0262. The molecule has 0 rings (SSSR count). The van der Waals surface area contributed by atoms with Crippen LogP contribution in [-0.2, 0) is 28.6 Å². The van der Waals surface area contributed by atoms with Crippen molar-refractivity contribution in [2.75, 3.05) is 13.2 Å². The van der Waals surface area contributed by atoms with Gasteiger partial charge >= 0.3 is 17.9 Å². The van der Waals surface area contributed by atoms with Crippen molar-refractivity contribution in [1.29, 1.82) is 0 Å². The molecule has 0 spiro atoms. The van der Waals surface area contributed by atoms with Crippen molar-refractivity contribution in [3.63, 3.8) is 0 Å². The first kappa shape index (κ1) is 60.6. The summed E-state index contributed by atoms with van der Waals surface area (Å²) in [6.45, 7) is 6.44. The van der Waals surface area contributed by atoms with E-state index in [0.29, 0.717) is 19.3 Å². The van der Waals surface area contributed by atoms with Crippen LogP contribution in [0.5, 0.6) is 0 Å². The van der Waals surface area contributed by atoms with Crippen LogP contribution < -0.4 is 0 Å². The highest BCUT2D eigenvalue weighted by molar-refractivity contribution is 5.71. The molecule has 0 aromatic carbocycles. The summed E-state index contributed by atoms with van der Waals surface area (Å²) in [5, 5.41) is 0. The van der Waals surface area contributed by atoms with E-state index in [4.69, 9.17) is 14.2 Å². The smallest absolute Gasteiger partial charge is 0.306 e. The Kier molecular flexibility index (Phi) is 49.4. The lowest BCUT2D eigenvalue weighted by Gasteiger charge is -2.18. The van der Waals surface area contributed by atoms with Gasteiger partial charge in [0.05, 0.1) is 0 Å². The third-order valence-corrected chi connectivity index (χ3v) is 11.1. The van der Waals surface area contributed by atoms with Crippen molar-refractivity contribution in [2.45, 2.75) is 252 Å². The second-order valence-electron chi connectivity index (χ2n) is 17.4. The van der Waals surface area contributed by atoms with Crippen LogP contribution in [0.2, 0.25) is 0 Å². The topological polar surface area (TPSA) is 78.9 Å². The molecule has 1 atom stereocenters. The highest BCUT2D eigenvalue weighted by Gasteiger charge is 2.19. The van der Waals surface area contributed by atoms with E-state index in [1.165, 1.54) is 89.9 Å². The lowest BCUT2D eigenvalue weighted by Crippen LogP contribution is -2.30. The van der Waals surface area contributed by atoms with Crippen molar-refractivity contribution in [1.82, 2.24) is 0 Å². The van der Waals surface area contributed by atoms with Gasteiger partial charge < -0.3 is 14.2 Å². The molecule has 0 saturated carbocycles. The van der Waals surface area contributed by atoms with Gasteiger partial charge in [-0.2, -0.15) is 0 Å². The predicted octanol–water partition coefficient (Wildman–Crippen LogP) is 17.6. The molecule has 6 nitrogen and oxygen atoms in total. The van der Waals surface area contributed by atoms with Gasteiger partial charge in [0.1, 0.15) is 13.2 Å². The molecule has 0 heterocycles. The number of unbranched alkanes of at least 4 members (excludes halogenated alkanes) is 22. The first-order chi connectivity index (χ1) is 31.5. The van der Waals surface area contributed by atoms with Crippen LogP contribution in [0.25, 0.3) is 0 Å². The molecule has 6 heteroatoms. The molecule has 0 saturated heterocycles. The zero-order valence-corrected chi connectivity index (χ0v) is 41.8. The Morgan fingerprint density at radius 1 is 0.328 bits per heavy atom. The third-order valence-electron chi connectivity index (χ3n) is 11.1. The van der Waals surface area contributed by atoms with Crippen LogP contribution in [0.4, 0.5) is 0 Å². The van der Waals surface area contributed by atoms with Gasteiger partial charge in [-0.1, -0.05) is 196 Å². The molecule has 0 aliphatic carbocycles. The zero-order valence-electron chi connectivity index (χ0n) is 41.8. The van der Waals surface area contributed by atoms with Crippen LogP contribution >= 0.6 is 0 Å². The largest absolute Gasteiger partial charge is 0.462 e. The molecule has 0 N–H and O–H groups in total. The zero-order chi connectivity index (χ0) is 46.5. The van der Waals surface area contributed by atoms with Gasteiger partial charge in [-0.05, 0) is 116 Å². The maximum absolute atomic E-state index is 12.8. The fraction of sp³-hybridized carbons (Fsp3) is 0.707. The van der Waals surface area contributed by atoms with Crippen molar-refractivity contribution in [2.24, 2.45) is 0 Å². The van der Waals surface area contributed by atoms with Crippen molar-refractivity contribution < 1.29 is 28.6 Å². The number of rotatable bonds is 47. The van der Waals surface area contributed by atoms with E-state index in [-0.39, 0.29) is 31.1 Å². The van der Waals surface area contributed by atoms with Gasteiger partial charge in [-0.3, -0.25) is 14.4 Å². The Morgan fingerprint density at radius 3 is 1.03 bits per heavy atom. The lowest BCUT2D eigenvalue weighted by molar-refractivity contribution is -0.167. The molecule has 0 radical (unpaired) electrons. The normalized spacial score (nSPS) is 12.7. The predicted molar refractivity (Wildman–Crippen MR) is 274 cm³/mol. The summed E-state index contributed by atoms with van der Waals surface area (Å²) in [5.74, 6) is -0.965. The van der Waals surface area contributed by atoms with Crippen LogP contribution in [0.1, 0.15) is 245 Å². The first-order valence-electron chi connectivity index (χ1n) is 26.6. The highest BCUT2D eigenvalue weighted by atomic mass is 16.6. The minimum Gasteiger partial charge on any atom is -0.462 e. The van der Waals surface area contributed by atoms with E-state index in [1.54, 1.807) is 0 Å². The van der Waals surface area contributed by atoms with E-state index in [0.717, 1.165) is 116 Å². The maximum atomic E-state index is 12.8. The molecular formula is C58H98O6. The van der Waals surface area contributed by atoms with Gasteiger partial charge in [-0.15, -0.1) is 0 Å². The molecule has 0 fully saturated rings. The van der Waals surface area contributed by atoms with Gasteiger partial charge in [0, 0.05) is 19.3 Å². The Morgan fingerprint density at radius 2 is 0.609 bits per heavy atom. The SMILES string of the molecule is CC/C=C\C/C=C\C/C=C\CCCCCCCC(=O)O[C@H](COC(=O)CCCC/C=C\C/C=C\C/C=C\CCCCC)COC(=O)CCCCCCC/C=C\CCCCCCCCC. The molecular weight excluding hydrogens is 793 g/mol. The summed E-state index contributed by atoms with van der Waals surface area (Å²) in [4.78, 5) is 38.0. The van der Waals surface area contributed by atoms with E-state index in [1.807, 2.05) is 0 Å². The Balaban J connectivity index is 4.49. The summed E-state index contributed by atoms with van der Waals surface area (Å²) >= 11 is 0. The Bertz CT molecular complexity index is 1250. The number of ether oxygens (including phenoxy) is 3. The first-order valence-corrected chi connectivity index (χ1v) is 26.6. The number of carbonyl (C=O) groups is 3. The number of esters is 3. The van der Waals surface area contributed by atoms with Crippen LogP contribution in [0.15, 0.2) is 85.1 Å². The Labute approximate surface area is 395 Å². The minimum absolute atomic E-state index is 0.100. The summed E-state index contributed by atoms with van der Waals surface area (Å²) < 4.78 is 16.8. The summed E-state index contributed by atoms with van der Waals surface area (Å²) in [6, 6.07) is 0. The van der Waals surface area contributed by atoms with E-state index < -0.39 is 6.10 Å². The molecule has 0 aliphatic heterocycles. The monoisotopic (exact) mass is 891 g/mol. The second kappa shape index (κ2) is 52.2. The number of hydrogen-bond donors (Lipinski definition) is 0. The molecule has 0 aliphatic rings. The molecule has 0 aromatic rings. The minimum atomic E-state index is -0.804. The van der Waals surface area contributed by atoms with E-state index >= 15 is 0 Å². The van der Waals surface area contributed by atoms with E-state index in [2.05, 4.69) is 106 Å². The van der Waals surface area contributed by atoms with Gasteiger partial charge in [0.2, 0.25) is 0 Å². The lowest BCUT2D eigenvalue weighted by atomic mass is 10.1. The Hall–Kier alpha value is -3.41. The maximum Gasteiger partial charge on any atom is 0.306 e. The van der Waals surface area contributed by atoms with Crippen LogP contribution in [0, 0.1) is 0 Å². The third kappa shape index (κ3) is 49.6. The standard InChI is InChI=1S/C58H98O6/c1-4-7-10-13-16-19-22-25-28-31-33-36-39-42-45-48-51-57(60)63-54-55(64-58(61)52-49-46-43-40-37-34-30-27-24-21-18-15-12-9-6-3)53-62-56(59)50-47-44-41-38-35-32-29-26-23-20-17-14-11-8-5-2/h9,12,17-18,20-21,26-31,35,38,55H,4-8,10-11,13-16,19,22-25,32-34,36-37,39-54H2,1-3H3/b12-9-,20-17-,21-18-,29-26-,30-27-,31-28-,38-35-/t55-/m1/s1. The average Bonchev–Trinajstić information content (AvgIpc) is 3.29. The van der Waals surface area contributed by atoms with Gasteiger partial charge in [0.15, 0.2) is 6.10 Å². The summed E-state index contributed by atoms with van der Waals surface area (Å²) in [5.41, 5.74) is 0. The van der Waals surface area contributed by atoms with Crippen molar-refractivity contribution in [3.8, 4) is 0 Å². The van der Waals surface area contributed by atoms with Gasteiger partial charge in [-0.25, -0.2) is 0 Å². The summed E-state index contributed by atoms with van der Waals surface area (Å²) in [7, 11) is 0. The fourth-order valence-electron chi connectivity index (χ4n) is 7.10. The average molecular weight is 891 g/mol. The summed E-state index contributed by atoms with van der Waals surface area (Å²) in [6.07, 6.45) is 67.1. The highest BCUT2D eigenvalue weighted by Crippen LogP contribution is 2.13. The molecule has 0 aromatic heterocycles. The van der Waals surface area contributed by atoms with Gasteiger partial charge in [0.25, 0.3) is 0 Å². The molecule has 0 unspecified atom stereocenters. The number of hydrogen-bond acceptors (Lipinski definition) is 6.